The molecular weight excluding hydrogens is 816 g/mol. The van der Waals surface area contributed by atoms with Gasteiger partial charge in [0, 0.05) is 6.42 Å². The lowest BCUT2D eigenvalue weighted by atomic mass is 10.0. The highest BCUT2D eigenvalue weighted by Gasteiger charge is 2.27. The molecule has 0 aromatic rings. The van der Waals surface area contributed by atoms with Gasteiger partial charge in [0.25, 0.3) is 0 Å². The van der Waals surface area contributed by atoms with Crippen molar-refractivity contribution in [3.8, 4) is 0 Å². The predicted molar refractivity (Wildman–Crippen MR) is 276 cm³/mol. The van der Waals surface area contributed by atoms with Crippen LogP contribution in [-0.2, 0) is 18.4 Å². The molecule has 0 saturated carbocycles. The number of phosphoric acid groups is 1. The summed E-state index contributed by atoms with van der Waals surface area (Å²) in [4.78, 5) is 22.8. The Kier molecular flexibility index (Phi) is 43.7. The zero-order chi connectivity index (χ0) is 47.1. The number of nitrogens with one attached hydrogen (secondary N) is 1. The molecule has 1 amide bonds. The summed E-state index contributed by atoms with van der Waals surface area (Å²) in [6, 6.07) is -0.845. The Hall–Kier alpha value is -2.58. The van der Waals surface area contributed by atoms with Crippen LogP contribution in [0.1, 0.15) is 194 Å². The molecule has 0 rings (SSSR count). The first-order valence-corrected chi connectivity index (χ1v) is 27.1. The maximum Gasteiger partial charge on any atom is 0.472 e. The molecule has 368 valence electrons. The lowest BCUT2D eigenvalue weighted by molar-refractivity contribution is -0.870. The number of phosphoric ester groups is 1. The summed E-state index contributed by atoms with van der Waals surface area (Å²) in [5.74, 6) is -0.192. The molecule has 0 aliphatic heterocycles. The SMILES string of the molecule is CC/C=C\C/C=C\C/C=C\C/C=C\C/C=C\C/C=C\C/C=C\CCCCCCCCCCCCCCCCCCCC(=O)NC(COP(=O)(O)OCC[N+](C)(C)C)C(O)/C=C/CCC. The monoisotopic (exact) mass is 914 g/mol. The molecule has 0 aliphatic carbocycles. The fourth-order valence-corrected chi connectivity index (χ4v) is 7.53. The van der Waals surface area contributed by atoms with E-state index < -0.39 is 20.0 Å². The average Bonchev–Trinajstić information content (AvgIpc) is 3.25. The van der Waals surface area contributed by atoms with Gasteiger partial charge in [-0.3, -0.25) is 13.8 Å². The van der Waals surface area contributed by atoms with Crippen LogP contribution in [0.2, 0.25) is 0 Å². The highest BCUT2D eigenvalue weighted by Crippen LogP contribution is 2.43. The van der Waals surface area contributed by atoms with Crippen LogP contribution < -0.4 is 5.32 Å². The van der Waals surface area contributed by atoms with Gasteiger partial charge in [-0.15, -0.1) is 0 Å². The van der Waals surface area contributed by atoms with E-state index in [9.17, 15) is 19.4 Å². The maximum atomic E-state index is 12.7. The smallest absolute Gasteiger partial charge is 0.387 e. The van der Waals surface area contributed by atoms with Gasteiger partial charge in [0.1, 0.15) is 13.2 Å². The zero-order valence-electron chi connectivity index (χ0n) is 41.7. The van der Waals surface area contributed by atoms with Gasteiger partial charge in [0.2, 0.25) is 5.91 Å². The van der Waals surface area contributed by atoms with Crippen LogP contribution in [0.25, 0.3) is 0 Å². The second-order valence-corrected chi connectivity index (χ2v) is 19.6. The van der Waals surface area contributed by atoms with Gasteiger partial charge in [0.05, 0.1) is 39.9 Å². The number of hydrogen-bond donors (Lipinski definition) is 3. The van der Waals surface area contributed by atoms with E-state index in [1.807, 2.05) is 34.1 Å². The average molecular weight is 914 g/mol. The number of amides is 1. The van der Waals surface area contributed by atoms with E-state index in [1.54, 1.807) is 6.08 Å². The lowest BCUT2D eigenvalue weighted by Gasteiger charge is -2.25. The Bertz CT molecular complexity index is 1360. The molecule has 0 aromatic carbocycles. The van der Waals surface area contributed by atoms with Gasteiger partial charge in [-0.25, -0.2) is 4.57 Å². The summed E-state index contributed by atoms with van der Waals surface area (Å²) < 4.78 is 23.3. The van der Waals surface area contributed by atoms with E-state index in [0.29, 0.717) is 17.4 Å². The third-order valence-corrected chi connectivity index (χ3v) is 11.8. The topological polar surface area (TPSA) is 105 Å². The number of rotatable bonds is 45. The van der Waals surface area contributed by atoms with Crippen molar-refractivity contribution in [1.29, 1.82) is 0 Å². The Morgan fingerprint density at radius 3 is 1.34 bits per heavy atom. The number of carbonyl (C=O) groups is 1. The van der Waals surface area contributed by atoms with Crippen LogP contribution in [0.3, 0.4) is 0 Å². The van der Waals surface area contributed by atoms with Gasteiger partial charge in [-0.2, -0.15) is 0 Å². The first kappa shape index (κ1) is 61.4. The number of likely N-dealkylation sites (N-methyl/N-ethyl adjacent to an activating group) is 1. The highest BCUT2D eigenvalue weighted by molar-refractivity contribution is 7.47. The van der Waals surface area contributed by atoms with Gasteiger partial charge < -0.3 is 19.8 Å². The van der Waals surface area contributed by atoms with Crippen LogP contribution in [0.4, 0.5) is 0 Å². The molecule has 0 aromatic heterocycles. The molecule has 3 atom stereocenters. The summed E-state index contributed by atoms with van der Waals surface area (Å²) >= 11 is 0. The van der Waals surface area contributed by atoms with Crippen LogP contribution in [0.5, 0.6) is 0 Å². The summed E-state index contributed by atoms with van der Waals surface area (Å²) in [6.07, 6.45) is 66.1. The molecule has 0 fully saturated rings. The van der Waals surface area contributed by atoms with Crippen LogP contribution in [0.15, 0.2) is 97.2 Å². The predicted octanol–water partition coefficient (Wildman–Crippen LogP) is 15.1. The lowest BCUT2D eigenvalue weighted by Crippen LogP contribution is -2.45. The highest BCUT2D eigenvalue weighted by atomic mass is 31.2. The van der Waals surface area contributed by atoms with Gasteiger partial charge in [-0.1, -0.05) is 214 Å². The van der Waals surface area contributed by atoms with Crippen molar-refractivity contribution in [1.82, 2.24) is 5.32 Å². The quantitative estimate of drug-likeness (QED) is 0.0243. The Morgan fingerprint density at radius 2 is 0.938 bits per heavy atom. The molecule has 64 heavy (non-hydrogen) atoms. The standard InChI is InChI=1S/C55H97N2O6P/c1-6-8-10-11-12-13-14-15-16-17-18-19-20-21-22-23-24-25-26-27-28-29-30-31-32-33-34-35-36-37-38-39-40-41-42-43-44-45-47-49-55(59)56-53(54(58)48-46-9-7-2)52-63-64(60,61)62-51-50-57(3,4)5/h8,10,12-13,15-16,18-19,21-22,24-25,27-28,46,48,53-54,58H,6-7,9,11,14,17,20,23,26,29-45,47,49-52H2,1-5H3,(H-,56,59,60,61)/p+1/b10-8-,13-12-,16-15-,19-18-,22-21-,25-24-,28-27-,48-46+. The third-order valence-electron chi connectivity index (χ3n) is 10.8. The molecular formula is C55H98N2O6P+. The first-order chi connectivity index (χ1) is 31.0. The van der Waals surface area contributed by atoms with Crippen LogP contribution >= 0.6 is 7.82 Å². The van der Waals surface area contributed by atoms with Crippen molar-refractivity contribution < 1.29 is 32.9 Å². The van der Waals surface area contributed by atoms with E-state index in [0.717, 1.165) is 77.0 Å². The Morgan fingerprint density at radius 1 is 0.547 bits per heavy atom. The number of allylic oxidation sites excluding steroid dienone is 15. The minimum absolute atomic E-state index is 0.0572. The van der Waals surface area contributed by atoms with Crippen LogP contribution in [0, 0.1) is 0 Å². The third kappa shape index (κ3) is 47.4. The molecule has 3 unspecified atom stereocenters. The fraction of sp³-hybridized carbons (Fsp3) is 0.691. The van der Waals surface area contributed by atoms with Gasteiger partial charge >= 0.3 is 7.82 Å². The molecule has 8 nitrogen and oxygen atoms in total. The molecule has 0 heterocycles. The van der Waals surface area contributed by atoms with E-state index in [2.05, 4.69) is 97.3 Å². The normalized spacial score (nSPS) is 14.9. The Balaban J connectivity index is 3.73. The Labute approximate surface area is 394 Å². The van der Waals surface area contributed by atoms with Crippen molar-refractivity contribution in [3.63, 3.8) is 0 Å². The molecule has 0 spiro atoms. The number of quaternary nitrogens is 1. The number of carbonyl (C=O) groups excluding carboxylic acids is 1. The maximum absolute atomic E-state index is 12.7. The summed E-state index contributed by atoms with van der Waals surface area (Å²) in [7, 11) is 1.56. The summed E-state index contributed by atoms with van der Waals surface area (Å²) in [5.41, 5.74) is 0. The minimum Gasteiger partial charge on any atom is -0.387 e. The van der Waals surface area contributed by atoms with Crippen molar-refractivity contribution >= 4 is 13.7 Å². The second-order valence-electron chi connectivity index (χ2n) is 18.2. The number of hydrogen-bond acceptors (Lipinski definition) is 5. The largest absolute Gasteiger partial charge is 0.472 e. The fourth-order valence-electron chi connectivity index (χ4n) is 6.79. The molecule has 9 heteroatoms. The van der Waals surface area contributed by atoms with Crippen molar-refractivity contribution in [2.45, 2.75) is 206 Å². The van der Waals surface area contributed by atoms with Crippen molar-refractivity contribution in [2.75, 3.05) is 40.9 Å². The van der Waals surface area contributed by atoms with Gasteiger partial charge in [-0.05, 0) is 70.6 Å². The van der Waals surface area contributed by atoms with Crippen LogP contribution in [-0.4, -0.2) is 73.4 Å². The van der Waals surface area contributed by atoms with Crippen molar-refractivity contribution in [2.24, 2.45) is 0 Å². The molecule has 3 N–H and O–H groups in total. The summed E-state index contributed by atoms with van der Waals surface area (Å²) in [6.45, 7) is 4.47. The van der Waals surface area contributed by atoms with E-state index in [-0.39, 0.29) is 19.1 Å². The number of aliphatic hydroxyl groups is 1. The van der Waals surface area contributed by atoms with E-state index >= 15 is 0 Å². The molecule has 0 bridgehead atoms. The molecule has 0 saturated heterocycles. The molecule has 0 radical (unpaired) electrons. The first-order valence-electron chi connectivity index (χ1n) is 25.6. The van der Waals surface area contributed by atoms with E-state index in [1.165, 1.54) is 96.3 Å². The summed E-state index contributed by atoms with van der Waals surface area (Å²) in [5, 5.41) is 13.5. The number of aliphatic hydroxyl groups excluding tert-OH is 1. The zero-order valence-corrected chi connectivity index (χ0v) is 42.6. The number of nitrogens with zero attached hydrogens (tertiary/aromatic N) is 1. The number of unbranched alkanes of at least 4 members (excludes halogenated alkanes) is 18. The van der Waals surface area contributed by atoms with Gasteiger partial charge in [0.15, 0.2) is 0 Å². The van der Waals surface area contributed by atoms with E-state index in [4.69, 9.17) is 9.05 Å². The molecule has 0 aliphatic rings. The van der Waals surface area contributed by atoms with Crippen molar-refractivity contribution in [3.05, 3.63) is 97.2 Å². The second kappa shape index (κ2) is 45.6. The minimum atomic E-state index is -4.32.